The van der Waals surface area contributed by atoms with E-state index in [1.54, 1.807) is 0 Å². The number of nitrogens with one attached hydrogen (secondary N) is 1. The Kier molecular flexibility index (Phi) is 4.08. The van der Waals surface area contributed by atoms with Crippen molar-refractivity contribution in [3.63, 3.8) is 0 Å². The van der Waals surface area contributed by atoms with Gasteiger partial charge in [-0.25, -0.2) is 0 Å². The number of esters is 1. The van der Waals surface area contributed by atoms with Gasteiger partial charge < -0.3 is 4.74 Å². The molecule has 2 aliphatic rings. The van der Waals surface area contributed by atoms with Crippen molar-refractivity contribution in [2.45, 2.75) is 70.4 Å². The molecule has 3 nitrogen and oxygen atoms in total. The molecule has 0 heterocycles. The van der Waals surface area contributed by atoms with Gasteiger partial charge in [0.15, 0.2) is 0 Å². The number of rotatable bonds is 5. The molecule has 0 saturated heterocycles. The molecule has 2 fully saturated rings. The molecule has 0 bridgehead atoms. The average molecular weight is 239 g/mol. The zero-order chi connectivity index (χ0) is 12.3. The van der Waals surface area contributed by atoms with Crippen molar-refractivity contribution in [3.8, 4) is 0 Å². The van der Waals surface area contributed by atoms with Gasteiger partial charge in [-0.2, -0.15) is 0 Å². The van der Waals surface area contributed by atoms with Gasteiger partial charge in [0.25, 0.3) is 0 Å². The molecule has 1 unspecified atom stereocenters. The Hall–Kier alpha value is -0.570. The van der Waals surface area contributed by atoms with Crippen LogP contribution in [0.1, 0.15) is 58.8 Å². The van der Waals surface area contributed by atoms with Gasteiger partial charge >= 0.3 is 5.97 Å². The van der Waals surface area contributed by atoms with Gasteiger partial charge in [-0.1, -0.05) is 19.3 Å². The van der Waals surface area contributed by atoms with Crippen molar-refractivity contribution in [2.75, 3.05) is 6.61 Å². The van der Waals surface area contributed by atoms with Gasteiger partial charge in [-0.05, 0) is 45.4 Å². The lowest BCUT2D eigenvalue weighted by molar-refractivity contribution is -0.153. The summed E-state index contributed by atoms with van der Waals surface area (Å²) in [7, 11) is 0. The molecule has 0 aromatic rings. The number of ether oxygens (including phenoxy) is 1. The van der Waals surface area contributed by atoms with Gasteiger partial charge in [-0.3, -0.25) is 10.1 Å². The monoisotopic (exact) mass is 239 g/mol. The van der Waals surface area contributed by atoms with Gasteiger partial charge in [0.2, 0.25) is 0 Å². The predicted octanol–water partition coefficient (Wildman–Crippen LogP) is 2.64. The lowest BCUT2D eigenvalue weighted by atomic mass is 9.75. The Morgan fingerprint density at radius 1 is 1.24 bits per heavy atom. The summed E-state index contributed by atoms with van der Waals surface area (Å²) in [5, 5.41) is 3.55. The van der Waals surface area contributed by atoms with E-state index in [1.807, 2.05) is 6.92 Å². The fourth-order valence-electron chi connectivity index (χ4n) is 2.96. The van der Waals surface area contributed by atoms with Crippen LogP contribution in [0.2, 0.25) is 0 Å². The Labute approximate surface area is 104 Å². The summed E-state index contributed by atoms with van der Waals surface area (Å²) in [6.45, 7) is 4.42. The fraction of sp³-hybridized carbons (Fsp3) is 0.929. The summed E-state index contributed by atoms with van der Waals surface area (Å²) in [5.74, 6) is 0.412. The minimum Gasteiger partial charge on any atom is -0.465 e. The molecule has 2 rings (SSSR count). The Morgan fingerprint density at radius 2 is 1.88 bits per heavy atom. The summed E-state index contributed by atoms with van der Waals surface area (Å²) in [6, 6.07) is 0.548. The van der Waals surface area contributed by atoms with Gasteiger partial charge in [0, 0.05) is 6.04 Å². The largest absolute Gasteiger partial charge is 0.465 e. The highest BCUT2D eigenvalue weighted by Gasteiger charge is 2.45. The summed E-state index contributed by atoms with van der Waals surface area (Å²) >= 11 is 0. The zero-order valence-corrected chi connectivity index (χ0v) is 11.1. The molecule has 0 aromatic heterocycles. The van der Waals surface area contributed by atoms with Crippen LogP contribution >= 0.6 is 0 Å². The predicted molar refractivity (Wildman–Crippen MR) is 67.8 cm³/mol. The van der Waals surface area contributed by atoms with Crippen molar-refractivity contribution in [2.24, 2.45) is 5.92 Å². The first-order valence-corrected chi connectivity index (χ1v) is 7.11. The molecular weight excluding hydrogens is 214 g/mol. The lowest BCUT2D eigenvalue weighted by Gasteiger charge is -2.38. The van der Waals surface area contributed by atoms with Crippen LogP contribution in [0.4, 0.5) is 0 Å². The fourth-order valence-corrected chi connectivity index (χ4v) is 2.96. The van der Waals surface area contributed by atoms with E-state index in [1.165, 1.54) is 32.1 Å². The third-order valence-electron chi connectivity index (χ3n) is 4.20. The maximum absolute atomic E-state index is 12.2. The quantitative estimate of drug-likeness (QED) is 0.750. The first-order chi connectivity index (χ1) is 8.16. The third kappa shape index (κ3) is 3.01. The summed E-state index contributed by atoms with van der Waals surface area (Å²) in [5.41, 5.74) is -0.447. The Balaban J connectivity index is 2.05. The molecule has 0 amide bonds. The van der Waals surface area contributed by atoms with E-state index in [2.05, 4.69) is 12.2 Å². The maximum Gasteiger partial charge on any atom is 0.326 e. The average Bonchev–Trinajstić information content (AvgIpc) is 3.14. The van der Waals surface area contributed by atoms with Crippen molar-refractivity contribution in [1.29, 1.82) is 0 Å². The molecule has 0 radical (unpaired) electrons. The molecule has 17 heavy (non-hydrogen) atoms. The van der Waals surface area contributed by atoms with Crippen molar-refractivity contribution in [3.05, 3.63) is 0 Å². The van der Waals surface area contributed by atoms with Crippen LogP contribution in [0, 0.1) is 5.92 Å². The maximum atomic E-state index is 12.2. The molecule has 3 heteroatoms. The van der Waals surface area contributed by atoms with Crippen LogP contribution in [0.3, 0.4) is 0 Å². The highest BCUT2D eigenvalue weighted by atomic mass is 16.5. The van der Waals surface area contributed by atoms with E-state index in [0.717, 1.165) is 12.8 Å². The van der Waals surface area contributed by atoms with Gasteiger partial charge in [0.05, 0.1) is 6.61 Å². The minimum atomic E-state index is -0.447. The lowest BCUT2D eigenvalue weighted by Crippen LogP contribution is -2.57. The van der Waals surface area contributed by atoms with Crippen LogP contribution in [0.25, 0.3) is 0 Å². The van der Waals surface area contributed by atoms with Crippen molar-refractivity contribution in [1.82, 2.24) is 5.32 Å². The third-order valence-corrected chi connectivity index (χ3v) is 4.20. The highest BCUT2D eigenvalue weighted by molar-refractivity contribution is 5.81. The van der Waals surface area contributed by atoms with Crippen LogP contribution in [-0.4, -0.2) is 24.2 Å². The number of hydrogen-bond acceptors (Lipinski definition) is 3. The second kappa shape index (κ2) is 5.38. The van der Waals surface area contributed by atoms with Gasteiger partial charge in [-0.15, -0.1) is 0 Å². The minimum absolute atomic E-state index is 0.0428. The molecule has 2 saturated carbocycles. The van der Waals surface area contributed by atoms with E-state index in [4.69, 9.17) is 4.74 Å². The number of hydrogen-bond donors (Lipinski definition) is 1. The van der Waals surface area contributed by atoms with Crippen molar-refractivity contribution < 1.29 is 9.53 Å². The van der Waals surface area contributed by atoms with Gasteiger partial charge in [0.1, 0.15) is 5.54 Å². The standard InChI is InChI=1S/C14H25NO2/c1-3-17-13(16)14(2,15-12-9-10-12)11-7-5-4-6-8-11/h11-12,15H,3-10H2,1-2H3. The van der Waals surface area contributed by atoms with Crippen LogP contribution in [-0.2, 0) is 9.53 Å². The smallest absolute Gasteiger partial charge is 0.326 e. The van der Waals surface area contributed by atoms with Crippen LogP contribution in [0.15, 0.2) is 0 Å². The normalized spacial score (nSPS) is 25.3. The molecule has 0 aromatic carbocycles. The number of carbonyl (C=O) groups is 1. The summed E-state index contributed by atoms with van der Waals surface area (Å²) < 4.78 is 5.29. The van der Waals surface area contributed by atoms with Crippen LogP contribution in [0.5, 0.6) is 0 Å². The molecule has 2 aliphatic carbocycles. The second-order valence-electron chi connectivity index (χ2n) is 5.68. The number of carbonyl (C=O) groups excluding carboxylic acids is 1. The Morgan fingerprint density at radius 3 is 2.41 bits per heavy atom. The second-order valence-corrected chi connectivity index (χ2v) is 5.68. The molecule has 0 spiro atoms. The van der Waals surface area contributed by atoms with Crippen molar-refractivity contribution >= 4 is 5.97 Å². The topological polar surface area (TPSA) is 38.3 Å². The van der Waals surface area contributed by atoms with E-state index in [0.29, 0.717) is 18.6 Å². The Bertz CT molecular complexity index is 269. The van der Waals surface area contributed by atoms with E-state index in [-0.39, 0.29) is 5.97 Å². The molecule has 1 N–H and O–H groups in total. The van der Waals surface area contributed by atoms with E-state index >= 15 is 0 Å². The van der Waals surface area contributed by atoms with E-state index in [9.17, 15) is 4.79 Å². The highest BCUT2D eigenvalue weighted by Crippen LogP contribution is 2.36. The molecule has 1 atom stereocenters. The summed E-state index contributed by atoms with van der Waals surface area (Å²) in [4.78, 5) is 12.2. The molecule has 0 aliphatic heterocycles. The van der Waals surface area contributed by atoms with Crippen LogP contribution < -0.4 is 5.32 Å². The molecular formula is C14H25NO2. The molecule has 98 valence electrons. The van der Waals surface area contributed by atoms with E-state index < -0.39 is 5.54 Å². The SMILES string of the molecule is CCOC(=O)C(C)(NC1CC1)C1CCCCC1. The zero-order valence-electron chi connectivity index (χ0n) is 11.1. The summed E-state index contributed by atoms with van der Waals surface area (Å²) in [6.07, 6.45) is 8.57. The first kappa shape index (κ1) is 12.9. The first-order valence-electron chi connectivity index (χ1n) is 7.11.